The maximum absolute atomic E-state index is 8.61. The van der Waals surface area contributed by atoms with E-state index in [2.05, 4.69) is 39.0 Å². The quantitative estimate of drug-likeness (QED) is 0.313. The number of allylic oxidation sites excluding steroid dienone is 5. The lowest BCUT2D eigenvalue weighted by Gasteiger charge is -2.03. The van der Waals surface area contributed by atoms with E-state index in [4.69, 9.17) is 10.00 Å². The van der Waals surface area contributed by atoms with Crippen LogP contribution >= 0.6 is 0 Å². The lowest BCUT2D eigenvalue weighted by Crippen LogP contribution is -2.08. The van der Waals surface area contributed by atoms with Crippen LogP contribution in [0.25, 0.3) is 0 Å². The summed E-state index contributed by atoms with van der Waals surface area (Å²) in [6.07, 6.45) is 8.27. The van der Waals surface area contributed by atoms with E-state index in [1.165, 1.54) is 5.57 Å². The second-order valence-corrected chi connectivity index (χ2v) is 5.48. The molecular weight excluding hydrogens is 222 g/mol. The minimum Gasteiger partial charge on any atom is -0.362 e. The molecule has 0 saturated carbocycles. The molecular formula is C16H23NO. The fourth-order valence-electron chi connectivity index (χ4n) is 1.88. The van der Waals surface area contributed by atoms with Gasteiger partial charge in [0, 0.05) is 6.08 Å². The van der Waals surface area contributed by atoms with E-state index in [9.17, 15) is 0 Å². The molecule has 1 rings (SSSR count). The molecule has 18 heavy (non-hydrogen) atoms. The van der Waals surface area contributed by atoms with Crippen molar-refractivity contribution in [3.05, 3.63) is 34.9 Å². The van der Waals surface area contributed by atoms with E-state index in [-0.39, 0.29) is 11.7 Å². The first-order chi connectivity index (χ1) is 8.39. The summed E-state index contributed by atoms with van der Waals surface area (Å²) in [7, 11) is 0. The van der Waals surface area contributed by atoms with Gasteiger partial charge in [-0.1, -0.05) is 11.6 Å². The molecule has 1 saturated heterocycles. The molecule has 1 aliphatic heterocycles. The van der Waals surface area contributed by atoms with Crippen LogP contribution in [0.1, 0.15) is 47.5 Å². The van der Waals surface area contributed by atoms with Crippen LogP contribution in [0.15, 0.2) is 34.9 Å². The van der Waals surface area contributed by atoms with Gasteiger partial charge in [-0.25, -0.2) is 0 Å². The molecule has 0 radical (unpaired) electrons. The lowest BCUT2D eigenvalue weighted by molar-refractivity contribution is 0.303. The summed E-state index contributed by atoms with van der Waals surface area (Å²) < 4.78 is 5.77. The van der Waals surface area contributed by atoms with Gasteiger partial charge in [0.25, 0.3) is 0 Å². The van der Waals surface area contributed by atoms with Crippen LogP contribution in [0.4, 0.5) is 0 Å². The SMILES string of the molecule is CC(C)=CCCC1(C)OC1/C=C(C)/C(C)=C/C#N. The van der Waals surface area contributed by atoms with Crippen molar-refractivity contribution < 1.29 is 4.74 Å². The van der Waals surface area contributed by atoms with E-state index >= 15 is 0 Å². The highest BCUT2D eigenvalue weighted by atomic mass is 16.6. The van der Waals surface area contributed by atoms with Crippen molar-refractivity contribution in [2.45, 2.75) is 59.2 Å². The minimum absolute atomic E-state index is 0.0138. The van der Waals surface area contributed by atoms with Gasteiger partial charge in [0.1, 0.15) is 6.10 Å². The van der Waals surface area contributed by atoms with Crippen LogP contribution in [0.2, 0.25) is 0 Å². The van der Waals surface area contributed by atoms with Gasteiger partial charge in [0.15, 0.2) is 0 Å². The van der Waals surface area contributed by atoms with Crippen LogP contribution in [-0.2, 0) is 4.74 Å². The van der Waals surface area contributed by atoms with E-state index in [0.29, 0.717) is 0 Å². The molecule has 1 aliphatic rings. The summed E-state index contributed by atoms with van der Waals surface area (Å²) in [6, 6.07) is 2.06. The molecule has 0 aromatic rings. The second-order valence-electron chi connectivity index (χ2n) is 5.48. The monoisotopic (exact) mass is 245 g/mol. The molecule has 98 valence electrons. The van der Waals surface area contributed by atoms with E-state index < -0.39 is 0 Å². The van der Waals surface area contributed by atoms with Crippen LogP contribution < -0.4 is 0 Å². The molecule has 0 spiro atoms. The zero-order valence-corrected chi connectivity index (χ0v) is 12.1. The largest absolute Gasteiger partial charge is 0.362 e. The fourth-order valence-corrected chi connectivity index (χ4v) is 1.88. The van der Waals surface area contributed by atoms with Gasteiger partial charge in [-0.05, 0) is 64.7 Å². The molecule has 2 atom stereocenters. The normalized spacial score (nSPS) is 27.7. The number of nitrogens with zero attached hydrogens (tertiary/aromatic N) is 1. The standard InChI is InChI=1S/C16H23NO/c1-12(2)7-6-9-16(5)15(18-16)11-14(4)13(3)8-10-17/h7-8,11,15H,6,9H2,1-5H3/b13-8+,14-11+. The Morgan fingerprint density at radius 2 is 1.94 bits per heavy atom. The molecule has 0 aromatic heterocycles. The van der Waals surface area contributed by atoms with Crippen LogP contribution in [0.5, 0.6) is 0 Å². The lowest BCUT2D eigenvalue weighted by atomic mass is 9.98. The molecule has 2 unspecified atom stereocenters. The molecule has 0 aromatic carbocycles. The first-order valence-corrected chi connectivity index (χ1v) is 6.45. The van der Waals surface area contributed by atoms with Gasteiger partial charge in [-0.3, -0.25) is 0 Å². The molecule has 1 fully saturated rings. The molecule has 1 heterocycles. The predicted octanol–water partition coefficient (Wildman–Crippen LogP) is 4.31. The number of epoxide rings is 1. The van der Waals surface area contributed by atoms with Gasteiger partial charge in [-0.15, -0.1) is 0 Å². The highest BCUT2D eigenvalue weighted by Gasteiger charge is 2.49. The average Bonchev–Trinajstić information content (AvgIpc) is 2.88. The van der Waals surface area contributed by atoms with Crippen molar-refractivity contribution in [1.82, 2.24) is 0 Å². The van der Waals surface area contributed by atoms with Crippen molar-refractivity contribution in [2.24, 2.45) is 0 Å². The number of hydrogen-bond acceptors (Lipinski definition) is 2. The van der Waals surface area contributed by atoms with Gasteiger partial charge in [0.05, 0.1) is 11.7 Å². The van der Waals surface area contributed by atoms with Gasteiger partial charge < -0.3 is 4.74 Å². The molecule has 2 heteroatoms. The first kappa shape index (κ1) is 14.7. The zero-order valence-electron chi connectivity index (χ0n) is 12.1. The maximum Gasteiger partial charge on any atom is 0.106 e. The number of nitriles is 1. The van der Waals surface area contributed by atoms with Crippen molar-refractivity contribution in [3.8, 4) is 6.07 Å². The van der Waals surface area contributed by atoms with Crippen LogP contribution in [0.3, 0.4) is 0 Å². The maximum atomic E-state index is 8.61. The highest BCUT2D eigenvalue weighted by molar-refractivity contribution is 5.33. The Hall–Kier alpha value is -1.33. The molecule has 2 nitrogen and oxygen atoms in total. The van der Waals surface area contributed by atoms with Crippen molar-refractivity contribution in [3.63, 3.8) is 0 Å². The Morgan fingerprint density at radius 1 is 1.28 bits per heavy atom. The summed E-state index contributed by atoms with van der Waals surface area (Å²) in [5, 5.41) is 8.61. The molecule has 0 aliphatic carbocycles. The number of rotatable bonds is 5. The highest BCUT2D eigenvalue weighted by Crippen LogP contribution is 2.42. The smallest absolute Gasteiger partial charge is 0.106 e. The molecule has 0 bridgehead atoms. The topological polar surface area (TPSA) is 36.3 Å². The summed E-state index contributed by atoms with van der Waals surface area (Å²) in [6.45, 7) is 10.4. The first-order valence-electron chi connectivity index (χ1n) is 6.45. The molecule has 0 N–H and O–H groups in total. The van der Waals surface area contributed by atoms with Gasteiger partial charge in [0.2, 0.25) is 0 Å². The average molecular weight is 245 g/mol. The van der Waals surface area contributed by atoms with Crippen molar-refractivity contribution in [2.75, 3.05) is 0 Å². The van der Waals surface area contributed by atoms with Crippen molar-refractivity contribution in [1.29, 1.82) is 5.26 Å². The fraction of sp³-hybridized carbons (Fsp3) is 0.562. The van der Waals surface area contributed by atoms with E-state index in [1.54, 1.807) is 6.08 Å². The Bertz CT molecular complexity index is 433. The van der Waals surface area contributed by atoms with E-state index in [1.807, 2.05) is 13.8 Å². The third kappa shape index (κ3) is 4.16. The predicted molar refractivity (Wildman–Crippen MR) is 75.1 cm³/mol. The summed E-state index contributed by atoms with van der Waals surface area (Å²) in [5.74, 6) is 0. The number of ether oxygens (including phenoxy) is 1. The minimum atomic E-state index is -0.0138. The molecule has 0 amide bonds. The third-order valence-corrected chi connectivity index (χ3v) is 3.44. The second kappa shape index (κ2) is 6.02. The third-order valence-electron chi connectivity index (χ3n) is 3.44. The summed E-state index contributed by atoms with van der Waals surface area (Å²) in [4.78, 5) is 0. The zero-order chi connectivity index (χ0) is 13.8. The van der Waals surface area contributed by atoms with Gasteiger partial charge in [-0.2, -0.15) is 5.26 Å². The van der Waals surface area contributed by atoms with Crippen LogP contribution in [0, 0.1) is 11.3 Å². The Kier molecular flexibility index (Phi) is 4.93. The Morgan fingerprint density at radius 3 is 2.50 bits per heavy atom. The Labute approximate surface area is 111 Å². The Balaban J connectivity index is 2.54. The summed E-state index contributed by atoms with van der Waals surface area (Å²) >= 11 is 0. The summed E-state index contributed by atoms with van der Waals surface area (Å²) in [5.41, 5.74) is 3.49. The van der Waals surface area contributed by atoms with Gasteiger partial charge >= 0.3 is 0 Å². The van der Waals surface area contributed by atoms with Crippen LogP contribution in [-0.4, -0.2) is 11.7 Å². The van der Waals surface area contributed by atoms with E-state index in [0.717, 1.165) is 24.0 Å². The number of hydrogen-bond donors (Lipinski definition) is 0. The van der Waals surface area contributed by atoms with Crippen molar-refractivity contribution >= 4 is 0 Å².